The molecule has 1 heterocycles. The van der Waals surface area contributed by atoms with Crippen LogP contribution in [-0.4, -0.2) is 46.0 Å². The number of nitrogens with one attached hydrogen (secondary N) is 2. The van der Waals surface area contributed by atoms with E-state index in [2.05, 4.69) is 45.3 Å². The topological polar surface area (TPSA) is 98.7 Å². The Morgan fingerprint density at radius 2 is 1.81 bits per heavy atom. The number of amides is 2. The molecular weight excluding hydrogens is 614 g/mol. The molecule has 7 nitrogen and oxygen atoms in total. The molecule has 1 aromatic rings. The summed E-state index contributed by atoms with van der Waals surface area (Å²) >= 11 is 0. The Morgan fingerprint density at radius 1 is 1.13 bits per heavy atom. The summed E-state index contributed by atoms with van der Waals surface area (Å²) in [6.45, 7) is 10.8. The number of benzene rings is 1. The number of nitrogens with zero attached hydrogens (tertiary/aromatic N) is 1. The van der Waals surface area contributed by atoms with E-state index in [1.807, 2.05) is 17.1 Å². The predicted molar refractivity (Wildman–Crippen MR) is 171 cm³/mol. The van der Waals surface area contributed by atoms with Crippen molar-refractivity contribution in [3.63, 3.8) is 0 Å². The van der Waals surface area contributed by atoms with E-state index in [-0.39, 0.29) is 35.8 Å². The smallest absolute Gasteiger partial charge is 0.416 e. The molecule has 3 atom stereocenters. The summed E-state index contributed by atoms with van der Waals surface area (Å²) in [5.41, 5.74) is -1.12. The lowest BCUT2D eigenvalue weighted by Crippen LogP contribution is -2.58. The standard InChI is InChI=1S/C36H49F4N3O4/c1-22(2)23-12-16-35(17-13-23)42-31(26-19-27(36(38,39)40)21-28(37)20-26)33(47)43(35)29(7-6-15-34(3,4)5)24-8-10-25(11-9-24)32(46)41-18-14-30(44)45/h8-10,19-23,25,29,31,42H,6-7,11-18H2,1-5H3,(H,41,46)(H,44,45). The maximum Gasteiger partial charge on any atom is 0.416 e. The van der Waals surface area contributed by atoms with Crippen molar-refractivity contribution in [1.29, 1.82) is 0 Å². The Labute approximate surface area is 275 Å². The van der Waals surface area contributed by atoms with Gasteiger partial charge in [0.05, 0.1) is 29.6 Å². The number of carbonyl (C=O) groups is 3. The van der Waals surface area contributed by atoms with E-state index in [1.165, 1.54) is 0 Å². The largest absolute Gasteiger partial charge is 0.481 e. The molecule has 1 aromatic carbocycles. The number of rotatable bonds is 11. The van der Waals surface area contributed by atoms with Crippen LogP contribution in [0.3, 0.4) is 0 Å². The number of carbonyl (C=O) groups excluding carboxylic acids is 2. The van der Waals surface area contributed by atoms with Crippen LogP contribution in [0.1, 0.15) is 110 Å². The average Bonchev–Trinajstić information content (AvgIpc) is 3.25. The molecule has 3 aliphatic rings. The number of hydrogen-bond donors (Lipinski definition) is 3. The minimum atomic E-state index is -4.77. The summed E-state index contributed by atoms with van der Waals surface area (Å²) in [6, 6.07) is 0.779. The number of halogens is 4. The van der Waals surface area contributed by atoms with Crippen molar-refractivity contribution >= 4 is 17.8 Å². The Hall–Kier alpha value is -3.21. The summed E-state index contributed by atoms with van der Waals surface area (Å²) in [6.07, 6.45) is 6.16. The predicted octanol–water partition coefficient (Wildman–Crippen LogP) is 7.54. The van der Waals surface area contributed by atoms with Gasteiger partial charge in [-0.1, -0.05) is 59.3 Å². The van der Waals surface area contributed by atoms with Gasteiger partial charge in [-0.05, 0) is 91.5 Å². The Kier molecular flexibility index (Phi) is 11.3. The fraction of sp³-hybridized carbons (Fsp3) is 0.639. The summed E-state index contributed by atoms with van der Waals surface area (Å²) in [5.74, 6) is -2.32. The van der Waals surface area contributed by atoms with Crippen molar-refractivity contribution in [2.24, 2.45) is 23.2 Å². The van der Waals surface area contributed by atoms with E-state index in [0.717, 1.165) is 43.4 Å². The molecule has 2 fully saturated rings. The maximum absolute atomic E-state index is 14.6. The normalized spacial score (nSPS) is 25.7. The lowest BCUT2D eigenvalue weighted by Gasteiger charge is -2.48. The van der Waals surface area contributed by atoms with E-state index >= 15 is 0 Å². The number of allylic oxidation sites excluding steroid dienone is 1. The van der Waals surface area contributed by atoms with E-state index < -0.39 is 47.2 Å². The van der Waals surface area contributed by atoms with Crippen molar-refractivity contribution in [3.8, 4) is 0 Å². The fourth-order valence-electron chi connectivity index (χ4n) is 7.31. The van der Waals surface area contributed by atoms with Crippen LogP contribution >= 0.6 is 0 Å². The Balaban J connectivity index is 1.70. The lowest BCUT2D eigenvalue weighted by molar-refractivity contribution is -0.138. The molecule has 260 valence electrons. The first kappa shape index (κ1) is 36.6. The number of alkyl halides is 3. The van der Waals surface area contributed by atoms with Crippen LogP contribution in [0, 0.1) is 29.0 Å². The molecule has 1 saturated carbocycles. The molecule has 0 bridgehead atoms. The van der Waals surface area contributed by atoms with Crippen molar-refractivity contribution in [2.45, 2.75) is 116 Å². The van der Waals surface area contributed by atoms with Gasteiger partial charge < -0.3 is 15.3 Å². The molecular formula is C36H49F4N3O4. The number of hydrogen-bond acceptors (Lipinski definition) is 4. The summed E-state index contributed by atoms with van der Waals surface area (Å²) in [5, 5.41) is 15.0. The maximum atomic E-state index is 14.6. The van der Waals surface area contributed by atoms with Crippen molar-refractivity contribution in [3.05, 3.63) is 58.9 Å². The van der Waals surface area contributed by atoms with Crippen LogP contribution < -0.4 is 10.6 Å². The average molecular weight is 664 g/mol. The van der Waals surface area contributed by atoms with Crippen LogP contribution in [0.2, 0.25) is 0 Å². The SMILES string of the molecule is CC(C)C1CCC2(CC1)NC(c1cc(F)cc(C(F)(F)F)c1)C(=O)N2C(CCCC(C)(C)C)C1=CCC(C(=O)NCCC(=O)O)C=C1. The highest BCUT2D eigenvalue weighted by Gasteiger charge is 2.55. The van der Waals surface area contributed by atoms with Gasteiger partial charge in [0.2, 0.25) is 11.8 Å². The number of carboxylic acid groups (broad SMARTS) is 1. The lowest BCUT2D eigenvalue weighted by atomic mass is 9.75. The van der Waals surface area contributed by atoms with Crippen LogP contribution in [0.15, 0.2) is 42.0 Å². The third-order valence-corrected chi connectivity index (χ3v) is 9.94. The molecule has 4 rings (SSSR count). The van der Waals surface area contributed by atoms with E-state index in [4.69, 9.17) is 5.11 Å². The summed E-state index contributed by atoms with van der Waals surface area (Å²) in [7, 11) is 0. The van der Waals surface area contributed by atoms with Crippen LogP contribution in [0.4, 0.5) is 17.6 Å². The molecule has 11 heteroatoms. The van der Waals surface area contributed by atoms with Crippen molar-refractivity contribution in [2.75, 3.05) is 6.54 Å². The zero-order valence-electron chi connectivity index (χ0n) is 28.1. The van der Waals surface area contributed by atoms with E-state index in [9.17, 15) is 31.9 Å². The first-order valence-electron chi connectivity index (χ1n) is 16.8. The van der Waals surface area contributed by atoms with Crippen molar-refractivity contribution < 1.29 is 37.1 Å². The zero-order chi connectivity index (χ0) is 34.7. The van der Waals surface area contributed by atoms with Gasteiger partial charge >= 0.3 is 12.1 Å². The molecule has 3 N–H and O–H groups in total. The molecule has 1 saturated heterocycles. The Bertz CT molecular complexity index is 1370. The Morgan fingerprint density at radius 3 is 2.36 bits per heavy atom. The third-order valence-electron chi connectivity index (χ3n) is 9.94. The van der Waals surface area contributed by atoms with E-state index in [0.29, 0.717) is 43.6 Å². The molecule has 0 aromatic heterocycles. The first-order chi connectivity index (χ1) is 21.9. The van der Waals surface area contributed by atoms with Crippen LogP contribution in [0.25, 0.3) is 0 Å². The van der Waals surface area contributed by atoms with Crippen LogP contribution in [0.5, 0.6) is 0 Å². The molecule has 0 radical (unpaired) electrons. The highest BCUT2D eigenvalue weighted by molar-refractivity contribution is 5.87. The molecule has 2 aliphatic carbocycles. The number of carboxylic acids is 1. The van der Waals surface area contributed by atoms with Gasteiger partial charge in [0.1, 0.15) is 11.9 Å². The van der Waals surface area contributed by atoms with Gasteiger partial charge in [0.15, 0.2) is 0 Å². The second kappa shape index (κ2) is 14.5. The highest BCUT2D eigenvalue weighted by Crippen LogP contribution is 2.47. The summed E-state index contributed by atoms with van der Waals surface area (Å²) in [4.78, 5) is 40.0. The fourth-order valence-corrected chi connectivity index (χ4v) is 7.31. The summed E-state index contributed by atoms with van der Waals surface area (Å²) < 4.78 is 55.8. The quantitative estimate of drug-likeness (QED) is 0.213. The monoisotopic (exact) mass is 663 g/mol. The second-order valence-electron chi connectivity index (χ2n) is 15.0. The van der Waals surface area contributed by atoms with Gasteiger partial charge in [0.25, 0.3) is 0 Å². The van der Waals surface area contributed by atoms with E-state index in [1.54, 1.807) is 6.08 Å². The van der Waals surface area contributed by atoms with Gasteiger partial charge in [-0.15, -0.1) is 0 Å². The van der Waals surface area contributed by atoms with Gasteiger partial charge in [-0.2, -0.15) is 13.2 Å². The third kappa shape index (κ3) is 9.03. The van der Waals surface area contributed by atoms with Crippen LogP contribution in [-0.2, 0) is 20.6 Å². The van der Waals surface area contributed by atoms with Crippen molar-refractivity contribution in [1.82, 2.24) is 15.5 Å². The molecule has 1 aliphatic heterocycles. The second-order valence-corrected chi connectivity index (χ2v) is 15.0. The molecule has 2 amide bonds. The zero-order valence-corrected chi connectivity index (χ0v) is 28.1. The molecule has 1 spiro atoms. The van der Waals surface area contributed by atoms with Gasteiger partial charge in [-0.3, -0.25) is 19.7 Å². The first-order valence-corrected chi connectivity index (χ1v) is 16.8. The minimum absolute atomic E-state index is 0.0237. The molecule has 3 unspecified atom stereocenters. The highest BCUT2D eigenvalue weighted by atomic mass is 19.4. The minimum Gasteiger partial charge on any atom is -0.481 e. The molecule has 47 heavy (non-hydrogen) atoms. The van der Waals surface area contributed by atoms with Gasteiger partial charge in [-0.25, -0.2) is 4.39 Å². The number of aliphatic carboxylic acids is 1. The van der Waals surface area contributed by atoms with Gasteiger partial charge in [0, 0.05) is 6.54 Å².